The maximum atomic E-state index is 13.0. The van der Waals surface area contributed by atoms with Crippen molar-refractivity contribution in [2.24, 2.45) is 5.73 Å². The Kier molecular flexibility index (Phi) is 7.54. The van der Waals surface area contributed by atoms with Gasteiger partial charge in [0, 0.05) is 28.4 Å². The summed E-state index contributed by atoms with van der Waals surface area (Å²) in [4.78, 5) is 12.6. The van der Waals surface area contributed by atoms with E-state index in [0.29, 0.717) is 41.7 Å². The lowest BCUT2D eigenvalue weighted by Crippen LogP contribution is -2.26. The molecule has 0 radical (unpaired) electrons. The van der Waals surface area contributed by atoms with E-state index >= 15 is 0 Å². The van der Waals surface area contributed by atoms with Gasteiger partial charge in [0.1, 0.15) is 0 Å². The molecule has 0 heterocycles. The average molecular weight is 456 g/mol. The fourth-order valence-corrected chi connectivity index (χ4v) is 3.60. The molecule has 0 aromatic heterocycles. The third-order valence-corrected chi connectivity index (χ3v) is 5.04. The number of anilines is 1. The number of Topliss-reactive ketones (excluding diaryl/α,β-unsaturated/α-hetero) is 1. The Morgan fingerprint density at radius 1 is 1.17 bits per heavy atom. The van der Waals surface area contributed by atoms with Crippen LogP contribution in [0, 0.1) is 11.3 Å². The van der Waals surface area contributed by atoms with E-state index in [1.165, 1.54) is 18.2 Å². The van der Waals surface area contributed by atoms with Gasteiger partial charge in [-0.25, -0.2) is 0 Å². The predicted octanol–water partition coefficient (Wildman–Crippen LogP) is 5.77. The Balaban J connectivity index is 0.00000320. The van der Waals surface area contributed by atoms with Gasteiger partial charge in [-0.15, -0.1) is 12.4 Å². The van der Waals surface area contributed by atoms with Crippen LogP contribution in [0.25, 0.3) is 0 Å². The number of nitriles is 1. The lowest BCUT2D eigenvalue weighted by molar-refractivity contribution is -0.137. The minimum absolute atomic E-state index is 0. The SMILES string of the molecule is Cl.N#Cc1ccc(C(N)C2=C(Nc3cccc(C(F)(F)F)c3)CCCC2=O)c(Cl)c1. The van der Waals surface area contributed by atoms with Gasteiger partial charge in [-0.3, -0.25) is 4.79 Å². The molecular formula is C21H18Cl2F3N3O. The minimum atomic E-state index is -4.47. The van der Waals surface area contributed by atoms with Crippen LogP contribution in [0.5, 0.6) is 0 Å². The monoisotopic (exact) mass is 455 g/mol. The van der Waals surface area contributed by atoms with Gasteiger partial charge in [0.2, 0.25) is 0 Å². The third kappa shape index (κ3) is 5.14. The first-order valence-electron chi connectivity index (χ1n) is 8.86. The maximum Gasteiger partial charge on any atom is 0.416 e. The Morgan fingerprint density at radius 3 is 2.53 bits per heavy atom. The molecule has 9 heteroatoms. The Bertz CT molecular complexity index is 1030. The van der Waals surface area contributed by atoms with E-state index in [1.54, 1.807) is 12.1 Å². The second-order valence-electron chi connectivity index (χ2n) is 6.70. The van der Waals surface area contributed by atoms with Crippen molar-refractivity contribution in [2.75, 3.05) is 5.32 Å². The van der Waals surface area contributed by atoms with Gasteiger partial charge in [-0.05, 0) is 48.7 Å². The van der Waals surface area contributed by atoms with Crippen LogP contribution in [-0.4, -0.2) is 5.78 Å². The molecule has 1 aliphatic carbocycles. The van der Waals surface area contributed by atoms with E-state index in [0.717, 1.165) is 12.1 Å². The average Bonchev–Trinajstić information content (AvgIpc) is 2.67. The van der Waals surface area contributed by atoms with E-state index in [1.807, 2.05) is 6.07 Å². The number of rotatable bonds is 4. The van der Waals surface area contributed by atoms with E-state index < -0.39 is 17.8 Å². The summed E-state index contributed by atoms with van der Waals surface area (Å²) in [7, 11) is 0. The highest BCUT2D eigenvalue weighted by molar-refractivity contribution is 6.31. The molecular weight excluding hydrogens is 438 g/mol. The van der Waals surface area contributed by atoms with Crippen LogP contribution in [0.3, 0.4) is 0 Å². The van der Waals surface area contributed by atoms with E-state index in [4.69, 9.17) is 22.6 Å². The number of ketones is 1. The molecule has 0 fully saturated rings. The molecule has 0 saturated heterocycles. The number of hydrogen-bond acceptors (Lipinski definition) is 4. The van der Waals surface area contributed by atoms with Crippen LogP contribution in [0.4, 0.5) is 18.9 Å². The zero-order chi connectivity index (χ0) is 21.2. The van der Waals surface area contributed by atoms with Crippen LogP contribution in [0.1, 0.15) is 42.0 Å². The first kappa shape index (κ1) is 23.7. The van der Waals surface area contributed by atoms with Crippen LogP contribution < -0.4 is 11.1 Å². The fraction of sp³-hybridized carbons (Fsp3) is 0.238. The van der Waals surface area contributed by atoms with E-state index in [9.17, 15) is 18.0 Å². The molecule has 158 valence electrons. The number of benzene rings is 2. The molecule has 1 atom stereocenters. The zero-order valence-corrected chi connectivity index (χ0v) is 17.2. The molecule has 0 amide bonds. The summed E-state index contributed by atoms with van der Waals surface area (Å²) in [6, 6.07) is 10.5. The molecule has 0 saturated carbocycles. The molecule has 0 spiro atoms. The lowest BCUT2D eigenvalue weighted by Gasteiger charge is -2.26. The molecule has 4 nitrogen and oxygen atoms in total. The number of carbonyl (C=O) groups excluding carboxylic acids is 1. The number of halogens is 5. The molecule has 3 N–H and O–H groups in total. The molecule has 2 aromatic rings. The lowest BCUT2D eigenvalue weighted by atomic mass is 9.86. The predicted molar refractivity (Wildman–Crippen MR) is 111 cm³/mol. The minimum Gasteiger partial charge on any atom is -0.358 e. The summed E-state index contributed by atoms with van der Waals surface area (Å²) < 4.78 is 39.0. The van der Waals surface area contributed by atoms with Gasteiger partial charge < -0.3 is 11.1 Å². The van der Waals surface area contributed by atoms with Crippen molar-refractivity contribution >= 4 is 35.5 Å². The Labute approximate surface area is 182 Å². The highest BCUT2D eigenvalue weighted by atomic mass is 35.5. The van der Waals surface area contributed by atoms with Crippen molar-refractivity contribution in [1.29, 1.82) is 5.26 Å². The second kappa shape index (κ2) is 9.52. The van der Waals surface area contributed by atoms with Gasteiger partial charge in [0.15, 0.2) is 5.78 Å². The van der Waals surface area contributed by atoms with Gasteiger partial charge in [-0.1, -0.05) is 23.7 Å². The van der Waals surface area contributed by atoms with Crippen molar-refractivity contribution in [3.05, 3.63) is 75.4 Å². The number of nitrogens with one attached hydrogen (secondary N) is 1. The molecule has 1 aliphatic rings. The second-order valence-corrected chi connectivity index (χ2v) is 7.11. The maximum absolute atomic E-state index is 13.0. The van der Waals surface area contributed by atoms with Crippen molar-refractivity contribution in [2.45, 2.75) is 31.5 Å². The Morgan fingerprint density at radius 2 is 1.90 bits per heavy atom. The number of allylic oxidation sites excluding steroid dienone is 1. The van der Waals surface area contributed by atoms with E-state index in [-0.39, 0.29) is 28.9 Å². The largest absolute Gasteiger partial charge is 0.416 e. The summed E-state index contributed by atoms with van der Waals surface area (Å²) in [5.74, 6) is -0.182. The van der Waals surface area contributed by atoms with Gasteiger partial charge in [0.05, 0.1) is 23.2 Å². The van der Waals surface area contributed by atoms with Crippen molar-refractivity contribution < 1.29 is 18.0 Å². The molecule has 3 rings (SSSR count). The molecule has 0 bridgehead atoms. The molecule has 2 aromatic carbocycles. The highest BCUT2D eigenvalue weighted by Crippen LogP contribution is 2.36. The van der Waals surface area contributed by atoms with Gasteiger partial charge in [-0.2, -0.15) is 18.4 Å². The number of nitrogens with zero attached hydrogens (tertiary/aromatic N) is 1. The van der Waals surface area contributed by atoms with Crippen molar-refractivity contribution in [3.63, 3.8) is 0 Å². The summed E-state index contributed by atoms with van der Waals surface area (Å²) in [6.45, 7) is 0. The normalized spacial score (nSPS) is 15.3. The number of nitrogens with two attached hydrogens (primary N) is 1. The van der Waals surface area contributed by atoms with Crippen LogP contribution in [-0.2, 0) is 11.0 Å². The third-order valence-electron chi connectivity index (χ3n) is 4.72. The Hall–Kier alpha value is -2.53. The van der Waals surface area contributed by atoms with Crippen LogP contribution in [0.15, 0.2) is 53.7 Å². The number of alkyl halides is 3. The molecule has 30 heavy (non-hydrogen) atoms. The molecule has 0 aliphatic heterocycles. The first-order chi connectivity index (χ1) is 13.7. The molecule has 1 unspecified atom stereocenters. The summed E-state index contributed by atoms with van der Waals surface area (Å²) >= 11 is 6.24. The zero-order valence-electron chi connectivity index (χ0n) is 15.6. The highest BCUT2D eigenvalue weighted by Gasteiger charge is 2.31. The first-order valence-corrected chi connectivity index (χ1v) is 9.24. The summed E-state index contributed by atoms with van der Waals surface area (Å²) in [6.07, 6.45) is -3.13. The van der Waals surface area contributed by atoms with Crippen LogP contribution >= 0.6 is 24.0 Å². The summed E-state index contributed by atoms with van der Waals surface area (Å²) in [5.41, 5.74) is 7.37. The number of carbonyl (C=O) groups is 1. The van der Waals surface area contributed by atoms with Gasteiger partial charge in [0.25, 0.3) is 0 Å². The quantitative estimate of drug-likeness (QED) is 0.612. The topological polar surface area (TPSA) is 78.9 Å². The standard InChI is InChI=1S/C21H17ClF3N3O.ClH/c22-16-9-12(11-26)7-8-15(16)20(27)19-17(5-2-6-18(19)29)28-14-4-1-3-13(10-14)21(23,24)25;/h1,3-4,7-10,20,28H,2,5-6,27H2;1H. The fourth-order valence-electron chi connectivity index (χ4n) is 3.31. The van der Waals surface area contributed by atoms with Gasteiger partial charge >= 0.3 is 6.18 Å². The number of hydrogen-bond donors (Lipinski definition) is 2. The van der Waals surface area contributed by atoms with Crippen molar-refractivity contribution in [1.82, 2.24) is 0 Å². The van der Waals surface area contributed by atoms with Crippen molar-refractivity contribution in [3.8, 4) is 6.07 Å². The smallest absolute Gasteiger partial charge is 0.358 e. The summed E-state index contributed by atoms with van der Waals surface area (Å²) in [5, 5.41) is 12.2. The van der Waals surface area contributed by atoms with E-state index in [2.05, 4.69) is 5.32 Å². The van der Waals surface area contributed by atoms with Crippen LogP contribution in [0.2, 0.25) is 5.02 Å².